The van der Waals surface area contributed by atoms with E-state index in [2.05, 4.69) is 0 Å². The average Bonchev–Trinajstić information content (AvgIpc) is 2.37. The largest absolute Gasteiger partial charge is 0.467 e. The molecular weight excluding hydrogens is 252 g/mol. The summed E-state index contributed by atoms with van der Waals surface area (Å²) >= 11 is 0. The number of ether oxygens (including phenoxy) is 1. The van der Waals surface area contributed by atoms with E-state index in [1.807, 2.05) is 0 Å². The van der Waals surface area contributed by atoms with Crippen LogP contribution in [0.1, 0.15) is 11.0 Å². The molecule has 0 radical (unpaired) electrons. The molecule has 2 aromatic carbocycles. The first-order valence-corrected chi connectivity index (χ1v) is 6.80. The van der Waals surface area contributed by atoms with E-state index in [1.54, 1.807) is 60.7 Å². The van der Waals surface area contributed by atoms with Gasteiger partial charge in [0, 0.05) is 5.56 Å². The van der Waals surface area contributed by atoms with E-state index >= 15 is 0 Å². The maximum absolute atomic E-state index is 11.4. The summed E-state index contributed by atoms with van der Waals surface area (Å²) in [5, 5.41) is 0. The van der Waals surface area contributed by atoms with Gasteiger partial charge in [-0.25, -0.2) is 0 Å². The summed E-state index contributed by atoms with van der Waals surface area (Å²) in [6.45, 7) is 0. The van der Waals surface area contributed by atoms with Crippen LogP contribution in [0.5, 0.6) is 5.75 Å². The predicted octanol–water partition coefficient (Wildman–Crippen LogP) is 2.65. The first-order valence-electron chi connectivity index (χ1n) is 5.30. The van der Waals surface area contributed by atoms with Crippen molar-refractivity contribution in [2.75, 3.05) is 0 Å². The predicted molar refractivity (Wildman–Crippen MR) is 67.8 cm³/mol. The van der Waals surface area contributed by atoms with Gasteiger partial charge in [0.1, 0.15) is 5.75 Å². The molecule has 18 heavy (non-hydrogen) atoms. The Morgan fingerprint density at radius 3 is 1.89 bits per heavy atom. The molecule has 1 atom stereocenters. The molecule has 1 N–H and O–H groups in total. The molecule has 0 heterocycles. The summed E-state index contributed by atoms with van der Waals surface area (Å²) in [5.74, 6) is 0.379. The lowest BCUT2D eigenvalue weighted by atomic mass is 10.2. The summed E-state index contributed by atoms with van der Waals surface area (Å²) in [5.41, 5.74) is -1.04. The van der Waals surface area contributed by atoms with E-state index in [9.17, 15) is 13.0 Å². The smallest absolute Gasteiger partial charge is 0.307 e. The Kier molecular flexibility index (Phi) is 3.64. The Bertz CT molecular complexity index is 593. The van der Waals surface area contributed by atoms with Crippen molar-refractivity contribution < 1.29 is 17.7 Å². The number of rotatable bonds is 4. The van der Waals surface area contributed by atoms with E-state index in [0.717, 1.165) is 0 Å². The highest BCUT2D eigenvalue weighted by Crippen LogP contribution is 2.25. The zero-order chi connectivity index (χ0) is 13.0. The molecule has 0 saturated carbocycles. The van der Waals surface area contributed by atoms with Crippen LogP contribution >= 0.6 is 0 Å². The van der Waals surface area contributed by atoms with E-state index in [-0.39, 0.29) is 0 Å². The van der Waals surface area contributed by atoms with Gasteiger partial charge in [-0.3, -0.25) is 4.55 Å². The third-order valence-electron chi connectivity index (χ3n) is 2.33. The van der Waals surface area contributed by atoms with Crippen LogP contribution < -0.4 is 4.74 Å². The maximum Gasteiger partial charge on any atom is 0.307 e. The second-order valence-electron chi connectivity index (χ2n) is 3.69. The van der Waals surface area contributed by atoms with Crippen molar-refractivity contribution >= 4 is 10.1 Å². The van der Waals surface area contributed by atoms with Crippen LogP contribution in [0.15, 0.2) is 60.7 Å². The van der Waals surface area contributed by atoms with Crippen LogP contribution in [-0.4, -0.2) is 13.0 Å². The van der Waals surface area contributed by atoms with Crippen molar-refractivity contribution in [1.82, 2.24) is 0 Å². The van der Waals surface area contributed by atoms with Crippen molar-refractivity contribution in [2.45, 2.75) is 5.44 Å². The standard InChI is InChI=1S/C13H12O4S/c14-18(15,16)13(11-7-3-1-4-8-11)17-12-9-5-2-6-10-12/h1-10,13H,(H,14,15,16). The SMILES string of the molecule is O=S(=O)(O)C(Oc1ccccc1)c1ccccc1. The summed E-state index contributed by atoms with van der Waals surface area (Å²) < 4.78 is 37.3. The fraction of sp³-hybridized carbons (Fsp3) is 0.0769. The van der Waals surface area contributed by atoms with Gasteiger partial charge in [-0.2, -0.15) is 8.42 Å². The monoisotopic (exact) mass is 264 g/mol. The van der Waals surface area contributed by atoms with Gasteiger partial charge in [0.05, 0.1) is 0 Å². The fourth-order valence-electron chi connectivity index (χ4n) is 1.53. The van der Waals surface area contributed by atoms with Gasteiger partial charge in [-0.15, -0.1) is 0 Å². The Morgan fingerprint density at radius 1 is 0.889 bits per heavy atom. The van der Waals surface area contributed by atoms with E-state index in [0.29, 0.717) is 11.3 Å². The molecule has 1 unspecified atom stereocenters. The zero-order valence-electron chi connectivity index (χ0n) is 9.43. The average molecular weight is 264 g/mol. The quantitative estimate of drug-likeness (QED) is 0.862. The van der Waals surface area contributed by atoms with Crippen LogP contribution in [0.3, 0.4) is 0 Å². The molecule has 0 aromatic heterocycles. The van der Waals surface area contributed by atoms with Gasteiger partial charge >= 0.3 is 10.1 Å². The van der Waals surface area contributed by atoms with E-state index < -0.39 is 15.6 Å². The molecule has 0 amide bonds. The van der Waals surface area contributed by atoms with Crippen molar-refractivity contribution in [3.05, 3.63) is 66.2 Å². The number of hydrogen-bond acceptors (Lipinski definition) is 3. The molecule has 0 aliphatic carbocycles. The summed E-state index contributed by atoms with van der Waals surface area (Å²) in [6, 6.07) is 16.8. The Balaban J connectivity index is 2.34. The third-order valence-corrected chi connectivity index (χ3v) is 3.24. The normalized spacial score (nSPS) is 12.9. The Morgan fingerprint density at radius 2 is 1.39 bits per heavy atom. The second-order valence-corrected chi connectivity index (χ2v) is 5.15. The molecule has 0 bridgehead atoms. The fourth-order valence-corrected chi connectivity index (χ4v) is 2.27. The van der Waals surface area contributed by atoms with Gasteiger partial charge in [0.2, 0.25) is 5.44 Å². The lowest BCUT2D eigenvalue weighted by Gasteiger charge is -2.16. The van der Waals surface area contributed by atoms with Crippen LogP contribution in [0.4, 0.5) is 0 Å². The highest BCUT2D eigenvalue weighted by molar-refractivity contribution is 7.85. The first kappa shape index (κ1) is 12.6. The van der Waals surface area contributed by atoms with Gasteiger partial charge in [-0.05, 0) is 12.1 Å². The lowest BCUT2D eigenvalue weighted by Crippen LogP contribution is -2.18. The van der Waals surface area contributed by atoms with Crippen LogP contribution in [0, 0.1) is 0 Å². The molecule has 5 heteroatoms. The highest BCUT2D eigenvalue weighted by atomic mass is 32.2. The molecule has 0 spiro atoms. The number of benzene rings is 2. The zero-order valence-corrected chi connectivity index (χ0v) is 10.2. The van der Waals surface area contributed by atoms with Gasteiger partial charge in [0.15, 0.2) is 0 Å². The minimum absolute atomic E-state index is 0.379. The molecule has 4 nitrogen and oxygen atoms in total. The van der Waals surface area contributed by atoms with Gasteiger partial charge in [0.25, 0.3) is 0 Å². The van der Waals surface area contributed by atoms with Crippen molar-refractivity contribution in [3.8, 4) is 5.75 Å². The highest BCUT2D eigenvalue weighted by Gasteiger charge is 2.26. The molecule has 0 fully saturated rings. The topological polar surface area (TPSA) is 63.6 Å². The molecule has 2 rings (SSSR count). The van der Waals surface area contributed by atoms with Crippen molar-refractivity contribution in [3.63, 3.8) is 0 Å². The second kappa shape index (κ2) is 5.20. The van der Waals surface area contributed by atoms with E-state index in [1.165, 1.54) is 0 Å². The Hall–Kier alpha value is -1.85. The number of para-hydroxylation sites is 1. The molecular formula is C13H12O4S. The third kappa shape index (κ3) is 3.09. The van der Waals surface area contributed by atoms with Crippen LogP contribution in [0.2, 0.25) is 0 Å². The van der Waals surface area contributed by atoms with Gasteiger partial charge < -0.3 is 4.74 Å². The van der Waals surface area contributed by atoms with E-state index in [4.69, 9.17) is 4.74 Å². The van der Waals surface area contributed by atoms with Gasteiger partial charge in [-0.1, -0.05) is 48.5 Å². The van der Waals surface area contributed by atoms with Crippen molar-refractivity contribution in [2.24, 2.45) is 0 Å². The minimum atomic E-state index is -4.34. The molecule has 2 aromatic rings. The van der Waals surface area contributed by atoms with Crippen molar-refractivity contribution in [1.29, 1.82) is 0 Å². The minimum Gasteiger partial charge on any atom is -0.467 e. The van der Waals surface area contributed by atoms with Crippen LogP contribution in [-0.2, 0) is 10.1 Å². The number of hydrogen-bond donors (Lipinski definition) is 1. The summed E-state index contributed by atoms with van der Waals surface area (Å²) in [6.07, 6.45) is 0. The first-order chi connectivity index (χ1) is 8.57. The molecule has 94 valence electrons. The molecule has 0 aliphatic rings. The molecule has 0 saturated heterocycles. The molecule has 0 aliphatic heterocycles. The lowest BCUT2D eigenvalue weighted by molar-refractivity contribution is 0.262. The summed E-state index contributed by atoms with van der Waals surface area (Å²) in [4.78, 5) is 0. The maximum atomic E-state index is 11.4. The summed E-state index contributed by atoms with van der Waals surface area (Å²) in [7, 11) is -4.34. The Labute approximate surface area is 106 Å². The van der Waals surface area contributed by atoms with Crippen LogP contribution in [0.25, 0.3) is 0 Å².